The van der Waals surface area contributed by atoms with Crippen LogP contribution >= 0.6 is 15.9 Å². The Hall–Kier alpha value is -1.88. The number of methoxy groups -OCH3 is 1. The first-order chi connectivity index (χ1) is 10.1. The highest BCUT2D eigenvalue weighted by molar-refractivity contribution is 9.10. The fourth-order valence-corrected chi connectivity index (χ4v) is 3.03. The number of hydrogen-bond donors (Lipinski definition) is 0. The second kappa shape index (κ2) is 5.48. The topological polar surface area (TPSA) is 46.6 Å². The van der Waals surface area contributed by atoms with Gasteiger partial charge in [0.25, 0.3) is 0 Å². The van der Waals surface area contributed by atoms with Crippen molar-refractivity contribution in [3.05, 3.63) is 40.9 Å². The summed E-state index contributed by atoms with van der Waals surface area (Å²) in [7, 11) is 1.35. The van der Waals surface area contributed by atoms with Crippen LogP contribution in [0.15, 0.2) is 40.9 Å². The van der Waals surface area contributed by atoms with Crippen molar-refractivity contribution in [2.24, 2.45) is 5.92 Å². The number of halogens is 1. The van der Waals surface area contributed by atoms with Gasteiger partial charge in [0.2, 0.25) is 5.91 Å². The Labute approximate surface area is 130 Å². The van der Waals surface area contributed by atoms with Gasteiger partial charge in [-0.05, 0) is 35.0 Å². The van der Waals surface area contributed by atoms with E-state index in [1.165, 1.54) is 7.11 Å². The van der Waals surface area contributed by atoms with Gasteiger partial charge < -0.3 is 9.64 Å². The SMILES string of the molecule is COC(=O)C1CC(=O)N(c2ccc3cc(Br)ccc3c2)C1. The van der Waals surface area contributed by atoms with E-state index < -0.39 is 0 Å². The molecule has 1 aliphatic rings. The molecule has 1 unspecified atom stereocenters. The second-order valence-corrected chi connectivity index (χ2v) is 6.02. The zero-order chi connectivity index (χ0) is 15.0. The highest BCUT2D eigenvalue weighted by atomic mass is 79.9. The zero-order valence-corrected chi connectivity index (χ0v) is 13.1. The van der Waals surface area contributed by atoms with Crippen LogP contribution in [0, 0.1) is 5.92 Å². The monoisotopic (exact) mass is 347 g/mol. The molecule has 0 aliphatic carbocycles. The molecular formula is C16H14BrNO3. The van der Waals surface area contributed by atoms with Crippen molar-refractivity contribution in [3.8, 4) is 0 Å². The van der Waals surface area contributed by atoms with E-state index in [9.17, 15) is 9.59 Å². The van der Waals surface area contributed by atoms with Crippen molar-refractivity contribution in [3.63, 3.8) is 0 Å². The van der Waals surface area contributed by atoms with Gasteiger partial charge in [-0.15, -0.1) is 0 Å². The second-order valence-electron chi connectivity index (χ2n) is 5.10. The minimum Gasteiger partial charge on any atom is -0.469 e. The van der Waals surface area contributed by atoms with Crippen LogP contribution in [-0.2, 0) is 14.3 Å². The van der Waals surface area contributed by atoms with Gasteiger partial charge in [0, 0.05) is 23.1 Å². The molecule has 0 saturated carbocycles. The van der Waals surface area contributed by atoms with Crippen LogP contribution in [0.1, 0.15) is 6.42 Å². The van der Waals surface area contributed by atoms with Crippen LogP contribution in [0.2, 0.25) is 0 Å². The first-order valence-corrected chi connectivity index (χ1v) is 7.45. The first-order valence-electron chi connectivity index (χ1n) is 6.66. The molecule has 1 atom stereocenters. The number of hydrogen-bond acceptors (Lipinski definition) is 3. The highest BCUT2D eigenvalue weighted by Gasteiger charge is 2.35. The maximum atomic E-state index is 12.1. The number of esters is 1. The van der Waals surface area contributed by atoms with Gasteiger partial charge in [-0.2, -0.15) is 0 Å². The summed E-state index contributed by atoms with van der Waals surface area (Å²) in [4.78, 5) is 25.3. The third-order valence-corrected chi connectivity index (χ3v) is 4.25. The summed E-state index contributed by atoms with van der Waals surface area (Å²) >= 11 is 3.44. The van der Waals surface area contributed by atoms with E-state index in [4.69, 9.17) is 4.74 Å². The number of benzene rings is 2. The molecule has 1 aliphatic heterocycles. The van der Waals surface area contributed by atoms with Crippen molar-refractivity contribution < 1.29 is 14.3 Å². The molecule has 1 fully saturated rings. The van der Waals surface area contributed by atoms with Crippen molar-refractivity contribution in [2.45, 2.75) is 6.42 Å². The van der Waals surface area contributed by atoms with Crippen molar-refractivity contribution in [2.75, 3.05) is 18.6 Å². The smallest absolute Gasteiger partial charge is 0.311 e. The lowest BCUT2D eigenvalue weighted by molar-refractivity contribution is -0.145. The molecular weight excluding hydrogens is 334 g/mol. The maximum Gasteiger partial charge on any atom is 0.311 e. The third kappa shape index (κ3) is 2.65. The third-order valence-electron chi connectivity index (χ3n) is 3.76. The quantitative estimate of drug-likeness (QED) is 0.784. The lowest BCUT2D eigenvalue weighted by atomic mass is 10.1. The summed E-state index contributed by atoms with van der Waals surface area (Å²) in [5.41, 5.74) is 0.821. The molecule has 4 nitrogen and oxygen atoms in total. The summed E-state index contributed by atoms with van der Waals surface area (Å²) in [6.07, 6.45) is 0.213. The van der Waals surface area contributed by atoms with Gasteiger partial charge in [0.05, 0.1) is 13.0 Å². The Morgan fingerprint density at radius 1 is 1.24 bits per heavy atom. The number of carbonyl (C=O) groups is 2. The molecule has 1 heterocycles. The van der Waals surface area contributed by atoms with Crippen LogP contribution in [0.4, 0.5) is 5.69 Å². The van der Waals surface area contributed by atoms with E-state index in [0.717, 1.165) is 20.9 Å². The molecule has 21 heavy (non-hydrogen) atoms. The molecule has 5 heteroatoms. The Morgan fingerprint density at radius 2 is 1.95 bits per heavy atom. The molecule has 0 bridgehead atoms. The Morgan fingerprint density at radius 3 is 2.71 bits per heavy atom. The van der Waals surface area contributed by atoms with E-state index in [1.54, 1.807) is 4.90 Å². The number of ether oxygens (including phenoxy) is 1. The van der Waals surface area contributed by atoms with Crippen LogP contribution in [0.3, 0.4) is 0 Å². The van der Waals surface area contributed by atoms with E-state index in [0.29, 0.717) is 6.54 Å². The van der Waals surface area contributed by atoms with Gasteiger partial charge in [-0.3, -0.25) is 9.59 Å². The molecule has 3 rings (SSSR count). The number of amides is 1. The van der Waals surface area contributed by atoms with E-state index in [1.807, 2.05) is 36.4 Å². The molecule has 0 spiro atoms. The first kappa shape index (κ1) is 14.1. The fraction of sp³-hybridized carbons (Fsp3) is 0.250. The van der Waals surface area contributed by atoms with Gasteiger partial charge in [0.15, 0.2) is 0 Å². The standard InChI is InChI=1S/C16H14BrNO3/c1-21-16(20)12-8-15(19)18(9-12)14-5-3-10-6-13(17)4-2-11(10)7-14/h2-7,12H,8-9H2,1H3. The molecule has 2 aromatic rings. The predicted molar refractivity (Wildman–Crippen MR) is 84.1 cm³/mol. The maximum absolute atomic E-state index is 12.1. The van der Waals surface area contributed by atoms with Crippen LogP contribution in [0.25, 0.3) is 10.8 Å². The summed E-state index contributed by atoms with van der Waals surface area (Å²) in [6.45, 7) is 0.382. The number of anilines is 1. The zero-order valence-electron chi connectivity index (χ0n) is 11.5. The molecule has 108 valence electrons. The van der Waals surface area contributed by atoms with Crippen molar-refractivity contribution in [1.29, 1.82) is 0 Å². The Kier molecular flexibility index (Phi) is 3.68. The average molecular weight is 348 g/mol. The van der Waals surface area contributed by atoms with Crippen LogP contribution < -0.4 is 4.90 Å². The van der Waals surface area contributed by atoms with E-state index in [2.05, 4.69) is 15.9 Å². The summed E-state index contributed by atoms with van der Waals surface area (Å²) in [5, 5.41) is 2.16. The molecule has 0 aromatic heterocycles. The van der Waals surface area contributed by atoms with Gasteiger partial charge in [-0.25, -0.2) is 0 Å². The lowest BCUT2D eigenvalue weighted by Crippen LogP contribution is -2.26. The fourth-order valence-electron chi connectivity index (χ4n) is 2.65. The van der Waals surface area contributed by atoms with Gasteiger partial charge in [0.1, 0.15) is 0 Å². The highest BCUT2D eigenvalue weighted by Crippen LogP contribution is 2.29. The summed E-state index contributed by atoms with van der Waals surface area (Å²) < 4.78 is 5.75. The van der Waals surface area contributed by atoms with Crippen LogP contribution in [0.5, 0.6) is 0 Å². The van der Waals surface area contributed by atoms with E-state index in [-0.39, 0.29) is 24.2 Å². The van der Waals surface area contributed by atoms with Gasteiger partial charge in [-0.1, -0.05) is 28.1 Å². The number of rotatable bonds is 2. The average Bonchev–Trinajstić information content (AvgIpc) is 2.88. The molecule has 0 radical (unpaired) electrons. The number of carbonyl (C=O) groups excluding carboxylic acids is 2. The molecule has 0 N–H and O–H groups in total. The molecule has 1 saturated heterocycles. The van der Waals surface area contributed by atoms with E-state index >= 15 is 0 Å². The van der Waals surface area contributed by atoms with Crippen molar-refractivity contribution in [1.82, 2.24) is 0 Å². The normalized spacial score (nSPS) is 18.3. The Bertz CT molecular complexity index is 729. The minimum atomic E-state index is -0.372. The number of fused-ring (bicyclic) bond motifs is 1. The predicted octanol–water partition coefficient (Wildman–Crippen LogP) is 3.13. The van der Waals surface area contributed by atoms with Crippen molar-refractivity contribution >= 4 is 44.3 Å². The molecule has 2 aromatic carbocycles. The molecule has 1 amide bonds. The van der Waals surface area contributed by atoms with Crippen LogP contribution in [-0.4, -0.2) is 25.5 Å². The summed E-state index contributed by atoms with van der Waals surface area (Å²) in [5.74, 6) is -0.736. The van der Waals surface area contributed by atoms with Gasteiger partial charge >= 0.3 is 5.97 Å². The minimum absolute atomic E-state index is 0.0399. The Balaban J connectivity index is 1.92. The largest absolute Gasteiger partial charge is 0.469 e. The lowest BCUT2D eigenvalue weighted by Gasteiger charge is -2.17. The summed E-state index contributed by atoms with van der Waals surface area (Å²) in [6, 6.07) is 11.9. The number of nitrogens with zero attached hydrogens (tertiary/aromatic N) is 1.